The summed E-state index contributed by atoms with van der Waals surface area (Å²) in [6.45, 7) is -4.95. The molecule has 0 aliphatic rings. The molecule has 0 saturated heterocycles. The molecule has 0 aromatic heterocycles. The summed E-state index contributed by atoms with van der Waals surface area (Å²) in [6.07, 6.45) is 21.3. The number of hydrogen-bond acceptors (Lipinski definition) is 4. The summed E-state index contributed by atoms with van der Waals surface area (Å²) in [6, 6.07) is 0. The van der Waals surface area contributed by atoms with Crippen LogP contribution in [0, 0.1) is 0 Å². The number of esters is 1. The summed E-state index contributed by atoms with van der Waals surface area (Å²) in [5, 5.41) is 18.6. The molecule has 0 spiro atoms. The molecule has 0 aromatic carbocycles. The Balaban J connectivity index is 4.00. The lowest BCUT2D eigenvalue weighted by Gasteiger charge is -2.11. The highest BCUT2D eigenvalue weighted by atomic mass is 16.6. The fourth-order valence-electron chi connectivity index (χ4n) is 2.16. The van der Waals surface area contributed by atoms with Crippen LogP contribution in [0.4, 0.5) is 0 Å². The molecular weight excluding hydrogens is 340 g/mol. The van der Waals surface area contributed by atoms with Gasteiger partial charge in [-0.05, 0) is 44.9 Å². The van der Waals surface area contributed by atoms with Crippen molar-refractivity contribution in [1.82, 2.24) is 0 Å². The molecule has 27 heavy (non-hydrogen) atoms. The van der Waals surface area contributed by atoms with Crippen LogP contribution in [0.3, 0.4) is 0 Å². The lowest BCUT2D eigenvalue weighted by molar-refractivity contribution is -0.153. The van der Waals surface area contributed by atoms with Crippen molar-refractivity contribution in [3.8, 4) is 0 Å². The SMILES string of the molecule is [2H]C([2H])(O)C([2H])(OC(=O)CCC/C=C\C/C=C\C/C=C\C/C=C\CCCCC)C([2H])([2H])O. The van der Waals surface area contributed by atoms with Gasteiger partial charge in [-0.15, -0.1) is 0 Å². The predicted octanol–water partition coefficient (Wildman–Crippen LogP) is 5.03. The van der Waals surface area contributed by atoms with Gasteiger partial charge in [-0.1, -0.05) is 68.4 Å². The molecule has 0 amide bonds. The van der Waals surface area contributed by atoms with Gasteiger partial charge in [0.2, 0.25) is 0 Å². The number of aliphatic hydroxyl groups is 2. The van der Waals surface area contributed by atoms with Gasteiger partial charge in [0.1, 0.15) is 6.08 Å². The molecule has 0 atom stereocenters. The summed E-state index contributed by atoms with van der Waals surface area (Å²) in [5.41, 5.74) is 0. The number of hydrogen-bond donors (Lipinski definition) is 2. The van der Waals surface area contributed by atoms with Crippen molar-refractivity contribution in [3.05, 3.63) is 48.6 Å². The van der Waals surface area contributed by atoms with Gasteiger partial charge in [0, 0.05) is 6.42 Å². The molecule has 0 rings (SSSR count). The lowest BCUT2D eigenvalue weighted by atomic mass is 10.2. The molecule has 0 fully saturated rings. The third kappa shape index (κ3) is 18.9. The maximum absolute atomic E-state index is 11.8. The Hall–Kier alpha value is -1.65. The Kier molecular flexibility index (Phi) is 13.4. The average Bonchev–Trinajstić information content (AvgIpc) is 2.68. The first-order valence-corrected chi connectivity index (χ1v) is 9.72. The van der Waals surface area contributed by atoms with Crippen molar-refractivity contribution < 1.29 is 26.6 Å². The van der Waals surface area contributed by atoms with Gasteiger partial charge in [-0.25, -0.2) is 0 Å². The number of carbonyl (C=O) groups excluding carboxylic acids is 1. The third-order valence-corrected chi connectivity index (χ3v) is 3.63. The molecule has 0 radical (unpaired) electrons. The molecule has 4 heteroatoms. The highest BCUT2D eigenvalue weighted by molar-refractivity contribution is 5.69. The van der Waals surface area contributed by atoms with Crippen LogP contribution in [0.5, 0.6) is 0 Å². The van der Waals surface area contributed by atoms with Crippen LogP contribution >= 0.6 is 0 Å². The zero-order valence-electron chi connectivity index (χ0n) is 21.4. The maximum Gasteiger partial charge on any atom is 0.306 e. The number of carbonyl (C=O) groups is 1. The van der Waals surface area contributed by atoms with Gasteiger partial charge in [0.05, 0.1) is 20.0 Å². The van der Waals surface area contributed by atoms with E-state index >= 15 is 0 Å². The quantitative estimate of drug-likeness (QED) is 0.210. The van der Waals surface area contributed by atoms with Crippen LogP contribution in [0.1, 0.15) is 78.0 Å². The first-order valence-electron chi connectivity index (χ1n) is 12.2. The van der Waals surface area contributed by atoms with E-state index in [2.05, 4.69) is 42.0 Å². The molecule has 0 aliphatic heterocycles. The van der Waals surface area contributed by atoms with Crippen molar-refractivity contribution in [2.75, 3.05) is 13.1 Å². The second kappa shape index (κ2) is 20.7. The average molecular weight is 384 g/mol. The van der Waals surface area contributed by atoms with E-state index in [1.54, 1.807) is 0 Å². The van der Waals surface area contributed by atoms with Crippen LogP contribution in [0.25, 0.3) is 0 Å². The van der Waals surface area contributed by atoms with E-state index in [9.17, 15) is 15.0 Å². The lowest BCUT2D eigenvalue weighted by Crippen LogP contribution is -2.25. The van der Waals surface area contributed by atoms with Crippen molar-refractivity contribution in [1.29, 1.82) is 0 Å². The van der Waals surface area contributed by atoms with E-state index in [4.69, 9.17) is 6.85 Å². The zero-order valence-corrected chi connectivity index (χ0v) is 16.4. The van der Waals surface area contributed by atoms with E-state index in [1.807, 2.05) is 18.2 Å². The van der Waals surface area contributed by atoms with E-state index in [0.29, 0.717) is 12.8 Å². The fraction of sp³-hybridized carbons (Fsp3) is 0.609. The maximum atomic E-state index is 11.8. The Labute approximate surface area is 172 Å². The van der Waals surface area contributed by atoms with Crippen molar-refractivity contribution >= 4 is 5.97 Å². The Morgan fingerprint density at radius 2 is 1.37 bits per heavy atom. The molecule has 154 valence electrons. The minimum absolute atomic E-state index is 0.204. The zero-order chi connectivity index (χ0) is 24.5. The highest BCUT2D eigenvalue weighted by Gasteiger charge is 2.11. The van der Waals surface area contributed by atoms with E-state index in [1.165, 1.54) is 19.3 Å². The van der Waals surface area contributed by atoms with Gasteiger partial charge >= 0.3 is 5.97 Å². The van der Waals surface area contributed by atoms with Crippen LogP contribution in [0.2, 0.25) is 0 Å². The number of allylic oxidation sites excluding steroid dienone is 8. The molecule has 0 heterocycles. The largest absolute Gasteiger partial charge is 0.457 e. The number of unbranched alkanes of at least 4 members (excludes halogenated alkanes) is 4. The molecule has 2 N–H and O–H groups in total. The fourth-order valence-corrected chi connectivity index (χ4v) is 2.16. The topological polar surface area (TPSA) is 66.8 Å². The van der Waals surface area contributed by atoms with Gasteiger partial charge in [-0.3, -0.25) is 4.79 Å². The van der Waals surface area contributed by atoms with Crippen LogP contribution in [-0.4, -0.2) is 35.4 Å². The highest BCUT2D eigenvalue weighted by Crippen LogP contribution is 2.03. The van der Waals surface area contributed by atoms with Crippen molar-refractivity contribution in [3.63, 3.8) is 0 Å². The van der Waals surface area contributed by atoms with Gasteiger partial charge in [-0.2, -0.15) is 0 Å². The number of ether oxygens (including phenoxy) is 1. The van der Waals surface area contributed by atoms with Gasteiger partial charge in [0.15, 0.2) is 0 Å². The predicted molar refractivity (Wildman–Crippen MR) is 112 cm³/mol. The first-order chi connectivity index (χ1) is 15.0. The summed E-state index contributed by atoms with van der Waals surface area (Å²) in [4.78, 5) is 11.8. The molecule has 4 nitrogen and oxygen atoms in total. The minimum Gasteiger partial charge on any atom is -0.457 e. The van der Waals surface area contributed by atoms with E-state index in [0.717, 1.165) is 25.7 Å². The molecule has 0 aliphatic carbocycles. The van der Waals surface area contributed by atoms with Crippen LogP contribution < -0.4 is 0 Å². The second-order valence-corrected chi connectivity index (χ2v) is 6.01. The molecule has 0 unspecified atom stereocenters. The molecular formula is C23H38O4. The normalized spacial score (nSPS) is 16.6. The monoisotopic (exact) mass is 383 g/mol. The Morgan fingerprint density at radius 1 is 0.889 bits per heavy atom. The minimum atomic E-state index is -3.58. The van der Waals surface area contributed by atoms with Gasteiger partial charge in [0.25, 0.3) is 0 Å². The summed E-state index contributed by atoms with van der Waals surface area (Å²) in [7, 11) is 0. The third-order valence-electron chi connectivity index (χ3n) is 3.63. The number of rotatable bonds is 17. The smallest absolute Gasteiger partial charge is 0.306 e. The summed E-state index contributed by atoms with van der Waals surface area (Å²) >= 11 is 0. The first kappa shape index (κ1) is 17.4. The Morgan fingerprint density at radius 3 is 1.85 bits per heavy atom. The molecule has 0 aromatic rings. The van der Waals surface area contributed by atoms with Crippen LogP contribution in [-0.2, 0) is 9.53 Å². The van der Waals surface area contributed by atoms with Crippen LogP contribution in [0.15, 0.2) is 48.6 Å². The van der Waals surface area contributed by atoms with E-state index < -0.39 is 25.2 Å². The van der Waals surface area contributed by atoms with Crippen molar-refractivity contribution in [2.24, 2.45) is 0 Å². The molecule has 0 saturated carbocycles. The van der Waals surface area contributed by atoms with Gasteiger partial charge < -0.3 is 14.9 Å². The van der Waals surface area contributed by atoms with Crippen molar-refractivity contribution in [2.45, 2.75) is 77.2 Å². The summed E-state index contributed by atoms with van der Waals surface area (Å²) in [5.74, 6) is -1.08. The Bertz CT molecular complexity index is 617. The second-order valence-electron chi connectivity index (χ2n) is 6.01. The van der Waals surface area contributed by atoms with E-state index in [-0.39, 0.29) is 6.42 Å². The summed E-state index contributed by atoms with van der Waals surface area (Å²) < 4.78 is 40.3. The molecule has 0 bridgehead atoms. The standard InChI is InChI=1S/C23H38O4/c1-2-3-4-5-6-7-8-9-10-11-12-13-14-15-16-17-18-19-23(26)27-22(20-24)21-25/h6-7,9-10,12-13,15-16,22,24-25H,2-5,8,11,14,17-21H2,1H3/b7-6-,10-9-,13-12-,16-15-/i20D2,21D2,22D.